The molecule has 1 saturated heterocycles. The zero-order valence-corrected chi connectivity index (χ0v) is 8.83. The highest BCUT2D eigenvalue weighted by Gasteiger charge is 2.42. The first kappa shape index (κ1) is 12.1. The Hall–Kier alpha value is 0.0300. The lowest BCUT2D eigenvalue weighted by Crippen LogP contribution is -2.24. The Kier molecular flexibility index (Phi) is 4.06. The minimum absolute atomic E-state index is 0.691. The Morgan fingerprint density at radius 1 is 1.00 bits per heavy atom. The molecule has 84 valence electrons. The van der Waals surface area contributed by atoms with Crippen LogP contribution in [0.3, 0.4) is 0 Å². The molecule has 0 aromatic carbocycles. The maximum Gasteiger partial charge on any atom is 0.466 e. The van der Waals surface area contributed by atoms with Gasteiger partial charge in [-0.15, -0.1) is 0 Å². The molecule has 0 aromatic rings. The molecular formula is C7H17N2O4P. The maximum absolute atomic E-state index is 8.88. The minimum Gasteiger partial charge on any atom is -0.315 e. The second kappa shape index (κ2) is 4.70. The van der Waals surface area contributed by atoms with Crippen LogP contribution in [0.2, 0.25) is 0 Å². The van der Waals surface area contributed by atoms with Crippen LogP contribution in [-0.2, 0) is 4.57 Å². The van der Waals surface area contributed by atoms with E-state index in [1.54, 1.807) is 0 Å². The van der Waals surface area contributed by atoms with E-state index in [0.29, 0.717) is 5.41 Å². The Bertz CT molecular complexity index is 207. The van der Waals surface area contributed by atoms with Crippen LogP contribution in [0.15, 0.2) is 0 Å². The summed E-state index contributed by atoms with van der Waals surface area (Å²) in [4.78, 5) is 21.6. The van der Waals surface area contributed by atoms with Crippen molar-refractivity contribution in [2.45, 2.75) is 12.8 Å². The molecule has 0 radical (unpaired) electrons. The van der Waals surface area contributed by atoms with Crippen molar-refractivity contribution in [1.29, 1.82) is 0 Å². The van der Waals surface area contributed by atoms with E-state index >= 15 is 0 Å². The molecule has 14 heavy (non-hydrogen) atoms. The van der Waals surface area contributed by atoms with Gasteiger partial charge in [-0.25, -0.2) is 4.57 Å². The van der Waals surface area contributed by atoms with Crippen LogP contribution in [0.5, 0.6) is 0 Å². The molecule has 6 nitrogen and oxygen atoms in total. The lowest BCUT2D eigenvalue weighted by Gasteiger charge is -2.09. The zero-order chi connectivity index (χ0) is 10.7. The minimum atomic E-state index is -4.64. The molecule has 1 aliphatic carbocycles. The fraction of sp³-hybridized carbons (Fsp3) is 1.00. The molecule has 0 atom stereocenters. The topological polar surface area (TPSA) is 102 Å². The second-order valence-electron chi connectivity index (χ2n) is 3.87. The predicted octanol–water partition coefficient (Wildman–Crippen LogP) is -0.969. The van der Waals surface area contributed by atoms with Crippen LogP contribution in [0.1, 0.15) is 12.8 Å². The van der Waals surface area contributed by atoms with Crippen molar-refractivity contribution >= 4 is 7.82 Å². The Labute approximate surface area is 83.0 Å². The summed E-state index contributed by atoms with van der Waals surface area (Å²) in [5.74, 6) is 0. The Morgan fingerprint density at radius 3 is 1.64 bits per heavy atom. The van der Waals surface area contributed by atoms with Crippen molar-refractivity contribution in [3.8, 4) is 0 Å². The largest absolute Gasteiger partial charge is 0.466 e. The Morgan fingerprint density at radius 2 is 1.36 bits per heavy atom. The molecule has 5 N–H and O–H groups in total. The SMILES string of the molecule is C1CNCC2(CC2)CN1.O=P(O)(O)O. The molecular weight excluding hydrogens is 207 g/mol. The van der Waals surface area contributed by atoms with Gasteiger partial charge in [-0.3, -0.25) is 0 Å². The Balaban J connectivity index is 0.000000171. The van der Waals surface area contributed by atoms with Gasteiger partial charge in [-0.1, -0.05) is 0 Å². The van der Waals surface area contributed by atoms with Crippen molar-refractivity contribution < 1.29 is 19.2 Å². The third-order valence-electron chi connectivity index (χ3n) is 2.44. The summed E-state index contributed by atoms with van der Waals surface area (Å²) < 4.78 is 8.88. The number of hydrogen-bond donors (Lipinski definition) is 5. The van der Waals surface area contributed by atoms with E-state index in [0.717, 1.165) is 13.1 Å². The van der Waals surface area contributed by atoms with Crippen molar-refractivity contribution in [3.05, 3.63) is 0 Å². The van der Waals surface area contributed by atoms with Gasteiger partial charge in [0.2, 0.25) is 0 Å². The molecule has 1 heterocycles. The predicted molar refractivity (Wildman–Crippen MR) is 51.7 cm³/mol. The highest BCUT2D eigenvalue weighted by Crippen LogP contribution is 2.44. The van der Waals surface area contributed by atoms with Gasteiger partial charge < -0.3 is 25.3 Å². The average Bonchev–Trinajstić information content (AvgIpc) is 2.78. The van der Waals surface area contributed by atoms with Crippen molar-refractivity contribution in [2.75, 3.05) is 26.2 Å². The molecule has 2 fully saturated rings. The third-order valence-corrected chi connectivity index (χ3v) is 2.44. The van der Waals surface area contributed by atoms with Gasteiger partial charge in [0.15, 0.2) is 0 Å². The second-order valence-corrected chi connectivity index (χ2v) is 4.89. The quantitative estimate of drug-likeness (QED) is 0.339. The van der Waals surface area contributed by atoms with Crippen LogP contribution in [0.4, 0.5) is 0 Å². The van der Waals surface area contributed by atoms with Gasteiger partial charge in [0, 0.05) is 26.2 Å². The van der Waals surface area contributed by atoms with Crippen molar-refractivity contribution in [1.82, 2.24) is 10.6 Å². The van der Waals surface area contributed by atoms with E-state index in [1.807, 2.05) is 0 Å². The molecule has 0 bridgehead atoms. The van der Waals surface area contributed by atoms with Crippen molar-refractivity contribution in [3.63, 3.8) is 0 Å². The fourth-order valence-electron chi connectivity index (χ4n) is 1.48. The first-order valence-electron chi connectivity index (χ1n) is 4.61. The lowest BCUT2D eigenvalue weighted by atomic mass is 10.1. The van der Waals surface area contributed by atoms with E-state index in [1.165, 1.54) is 25.9 Å². The fourth-order valence-corrected chi connectivity index (χ4v) is 1.48. The van der Waals surface area contributed by atoms with Crippen LogP contribution >= 0.6 is 7.82 Å². The number of rotatable bonds is 0. The summed E-state index contributed by atoms with van der Waals surface area (Å²) in [5.41, 5.74) is 0.691. The molecule has 7 heteroatoms. The highest BCUT2D eigenvalue weighted by atomic mass is 31.2. The van der Waals surface area contributed by atoms with Crippen molar-refractivity contribution in [2.24, 2.45) is 5.41 Å². The van der Waals surface area contributed by atoms with Gasteiger partial charge in [0.25, 0.3) is 0 Å². The molecule has 1 spiro atoms. The molecule has 1 saturated carbocycles. The van der Waals surface area contributed by atoms with Gasteiger partial charge in [-0.2, -0.15) is 0 Å². The third kappa shape index (κ3) is 5.70. The lowest BCUT2D eigenvalue weighted by molar-refractivity contribution is 0.275. The van der Waals surface area contributed by atoms with E-state index in [2.05, 4.69) is 10.6 Å². The van der Waals surface area contributed by atoms with Crippen LogP contribution < -0.4 is 10.6 Å². The van der Waals surface area contributed by atoms with Gasteiger partial charge >= 0.3 is 7.82 Å². The van der Waals surface area contributed by atoms with E-state index in [-0.39, 0.29) is 0 Å². The van der Waals surface area contributed by atoms with Crippen LogP contribution in [0.25, 0.3) is 0 Å². The summed E-state index contributed by atoms with van der Waals surface area (Å²) in [6, 6.07) is 0. The molecule has 0 aromatic heterocycles. The van der Waals surface area contributed by atoms with Gasteiger partial charge in [0.1, 0.15) is 0 Å². The number of phosphoric acid groups is 1. The first-order chi connectivity index (χ1) is 6.41. The molecule has 0 amide bonds. The van der Waals surface area contributed by atoms with E-state index in [9.17, 15) is 0 Å². The summed E-state index contributed by atoms with van der Waals surface area (Å²) in [6.45, 7) is 4.81. The standard InChI is InChI=1S/C7H14N2.H3O4P/c1-2-7(1)5-8-3-4-9-6-7;1-5(2,3)4/h8-9H,1-6H2;(H3,1,2,3,4). The molecule has 0 unspecified atom stereocenters. The first-order valence-corrected chi connectivity index (χ1v) is 6.18. The van der Waals surface area contributed by atoms with Crippen LogP contribution in [-0.4, -0.2) is 40.9 Å². The summed E-state index contributed by atoms with van der Waals surface area (Å²) >= 11 is 0. The smallest absolute Gasteiger partial charge is 0.315 e. The zero-order valence-electron chi connectivity index (χ0n) is 7.94. The monoisotopic (exact) mass is 224 g/mol. The normalized spacial score (nSPS) is 24.8. The summed E-state index contributed by atoms with van der Waals surface area (Å²) in [5, 5.41) is 6.88. The number of nitrogens with one attached hydrogen (secondary N) is 2. The van der Waals surface area contributed by atoms with Gasteiger partial charge in [-0.05, 0) is 18.3 Å². The van der Waals surface area contributed by atoms with Gasteiger partial charge in [0.05, 0.1) is 0 Å². The summed E-state index contributed by atoms with van der Waals surface area (Å²) in [7, 11) is -4.64. The average molecular weight is 224 g/mol. The van der Waals surface area contributed by atoms with E-state index in [4.69, 9.17) is 19.2 Å². The summed E-state index contributed by atoms with van der Waals surface area (Å²) in [6.07, 6.45) is 2.88. The molecule has 2 aliphatic rings. The molecule has 2 rings (SSSR count). The maximum atomic E-state index is 8.88. The van der Waals surface area contributed by atoms with Crippen LogP contribution in [0, 0.1) is 5.41 Å². The number of hydrogen-bond acceptors (Lipinski definition) is 3. The molecule has 1 aliphatic heterocycles. The van der Waals surface area contributed by atoms with E-state index < -0.39 is 7.82 Å². The highest BCUT2D eigenvalue weighted by molar-refractivity contribution is 7.45.